The molecule has 1 aliphatic rings. The topological polar surface area (TPSA) is 51.8 Å². The Kier molecular flexibility index (Phi) is 8.11. The third-order valence-electron chi connectivity index (χ3n) is 12.6. The van der Waals surface area contributed by atoms with Gasteiger partial charge in [0.2, 0.25) is 0 Å². The Morgan fingerprint density at radius 2 is 0.921 bits per heavy atom. The molecule has 0 N–H and O–H groups in total. The van der Waals surface area contributed by atoms with Crippen LogP contribution in [0.25, 0.3) is 121 Å². The van der Waals surface area contributed by atoms with Crippen LogP contribution in [0.2, 0.25) is 0 Å². The van der Waals surface area contributed by atoms with Gasteiger partial charge in [-0.05, 0) is 111 Å². The molecule has 1 aliphatic carbocycles. The molecule has 0 bridgehead atoms. The average Bonchev–Trinajstić information content (AvgIpc) is 4.05. The van der Waals surface area contributed by atoms with Crippen LogP contribution in [-0.4, -0.2) is 15.0 Å². The summed E-state index contributed by atoms with van der Waals surface area (Å²) in [5.74, 6) is 1.83. The summed E-state index contributed by atoms with van der Waals surface area (Å²) in [6.07, 6.45) is 0.990. The Balaban J connectivity index is 0.954. The lowest BCUT2D eigenvalue weighted by molar-refractivity contribution is 0.669. The molecular weight excluding hydrogens is 787 g/mol. The van der Waals surface area contributed by atoms with Crippen molar-refractivity contribution in [2.24, 2.45) is 0 Å². The molecule has 0 aliphatic heterocycles. The zero-order chi connectivity index (χ0) is 41.4. The van der Waals surface area contributed by atoms with Crippen LogP contribution in [0.3, 0.4) is 0 Å². The lowest BCUT2D eigenvalue weighted by atomic mass is 9.95. The number of thiophene rings is 1. The van der Waals surface area contributed by atoms with Crippen LogP contribution in [0.5, 0.6) is 0 Å². The van der Waals surface area contributed by atoms with Crippen LogP contribution < -0.4 is 0 Å². The van der Waals surface area contributed by atoms with Gasteiger partial charge in [-0.25, -0.2) is 15.0 Å². The normalized spacial score (nSPS) is 12.1. The smallest absolute Gasteiger partial charge is 0.164 e. The first kappa shape index (κ1) is 35.7. The lowest BCUT2D eigenvalue weighted by Crippen LogP contribution is -2.00. The Hall–Kier alpha value is -7.99. The van der Waals surface area contributed by atoms with Crippen LogP contribution in [0.4, 0.5) is 0 Å². The highest BCUT2D eigenvalue weighted by Gasteiger charge is 2.21. The summed E-state index contributed by atoms with van der Waals surface area (Å²) in [5, 5.41) is 4.49. The van der Waals surface area contributed by atoms with E-state index in [2.05, 4.69) is 182 Å². The quantitative estimate of drug-likeness (QED) is 0.168. The van der Waals surface area contributed by atoms with Gasteiger partial charge in [0.15, 0.2) is 17.5 Å². The highest BCUT2D eigenvalue weighted by atomic mass is 32.1. The van der Waals surface area contributed by atoms with Gasteiger partial charge in [-0.15, -0.1) is 11.3 Å². The Labute approximate surface area is 367 Å². The molecule has 0 unspecified atom stereocenters. The third-order valence-corrected chi connectivity index (χ3v) is 13.7. The van der Waals surface area contributed by atoms with Gasteiger partial charge < -0.3 is 4.42 Å². The van der Waals surface area contributed by atoms with Gasteiger partial charge in [0.05, 0.1) is 0 Å². The molecular formula is C58H35N3OS. The van der Waals surface area contributed by atoms with Crippen molar-refractivity contribution in [2.45, 2.75) is 6.42 Å². The van der Waals surface area contributed by atoms with Crippen LogP contribution in [0.15, 0.2) is 205 Å². The van der Waals surface area contributed by atoms with Gasteiger partial charge in [0.1, 0.15) is 11.2 Å². The lowest BCUT2D eigenvalue weighted by Gasteiger charge is -2.11. The zero-order valence-electron chi connectivity index (χ0n) is 33.9. The molecule has 9 aromatic carbocycles. The van der Waals surface area contributed by atoms with Crippen molar-refractivity contribution in [3.05, 3.63) is 211 Å². The predicted octanol–water partition coefficient (Wildman–Crippen LogP) is 15.7. The van der Waals surface area contributed by atoms with Crippen molar-refractivity contribution in [1.29, 1.82) is 0 Å². The molecule has 12 aromatic rings. The van der Waals surface area contributed by atoms with Crippen molar-refractivity contribution >= 4 is 53.4 Å². The highest BCUT2D eigenvalue weighted by molar-refractivity contribution is 7.25. The van der Waals surface area contributed by atoms with Crippen LogP contribution in [0, 0.1) is 0 Å². The summed E-state index contributed by atoms with van der Waals surface area (Å²) in [5.41, 5.74) is 16.7. The highest BCUT2D eigenvalue weighted by Crippen LogP contribution is 2.42. The molecule has 3 aromatic heterocycles. The number of hydrogen-bond donors (Lipinski definition) is 0. The molecule has 63 heavy (non-hydrogen) atoms. The number of fused-ring (bicyclic) bond motifs is 9. The minimum absolute atomic E-state index is 0.593. The summed E-state index contributed by atoms with van der Waals surface area (Å²) in [4.78, 5) is 15.8. The zero-order valence-corrected chi connectivity index (χ0v) is 34.7. The second kappa shape index (κ2) is 14.3. The molecule has 13 rings (SSSR count). The molecule has 0 saturated heterocycles. The minimum atomic E-state index is 0.593. The minimum Gasteiger partial charge on any atom is -0.456 e. The first-order valence-electron chi connectivity index (χ1n) is 21.3. The van der Waals surface area contributed by atoms with E-state index in [0.717, 1.165) is 67.3 Å². The van der Waals surface area contributed by atoms with E-state index in [9.17, 15) is 0 Å². The molecule has 0 atom stereocenters. The Bertz CT molecular complexity index is 3790. The van der Waals surface area contributed by atoms with Crippen molar-refractivity contribution in [2.75, 3.05) is 0 Å². The van der Waals surface area contributed by atoms with Crippen molar-refractivity contribution in [3.63, 3.8) is 0 Å². The fourth-order valence-corrected chi connectivity index (χ4v) is 10.6. The number of nitrogens with zero attached hydrogens (tertiary/aromatic N) is 3. The monoisotopic (exact) mass is 821 g/mol. The summed E-state index contributed by atoms with van der Waals surface area (Å²) in [6, 6.07) is 71.2. The maximum atomic E-state index is 6.57. The summed E-state index contributed by atoms with van der Waals surface area (Å²) in [7, 11) is 0. The SMILES string of the molecule is c1ccc(-c2cccc(-c3nc(-c4ccc5c(c4)sc4ccccc45)nc(-c4cccc5oc6ccc(-c7cccc(-c8ccc9c(c8)-c8ccccc8C9)c7)cc6c45)n3)c2)cc1. The molecule has 0 radical (unpaired) electrons. The summed E-state index contributed by atoms with van der Waals surface area (Å²) < 4.78 is 9.03. The number of hydrogen-bond acceptors (Lipinski definition) is 5. The number of furan rings is 1. The molecule has 0 spiro atoms. The van der Waals surface area contributed by atoms with Gasteiger partial charge in [-0.3, -0.25) is 0 Å². The maximum Gasteiger partial charge on any atom is 0.164 e. The molecule has 0 fully saturated rings. The molecule has 0 amide bonds. The van der Waals surface area contributed by atoms with Gasteiger partial charge in [-0.2, -0.15) is 0 Å². The predicted molar refractivity (Wildman–Crippen MR) is 261 cm³/mol. The van der Waals surface area contributed by atoms with Crippen molar-refractivity contribution in [1.82, 2.24) is 15.0 Å². The van der Waals surface area contributed by atoms with Gasteiger partial charge >= 0.3 is 0 Å². The molecule has 0 saturated carbocycles. The van der Waals surface area contributed by atoms with E-state index in [4.69, 9.17) is 19.4 Å². The average molecular weight is 822 g/mol. The first-order chi connectivity index (χ1) is 31.2. The van der Waals surface area contributed by atoms with E-state index >= 15 is 0 Å². The van der Waals surface area contributed by atoms with E-state index in [1.54, 1.807) is 11.3 Å². The van der Waals surface area contributed by atoms with Gasteiger partial charge in [0.25, 0.3) is 0 Å². The van der Waals surface area contributed by atoms with E-state index in [-0.39, 0.29) is 0 Å². The summed E-state index contributed by atoms with van der Waals surface area (Å²) in [6.45, 7) is 0. The van der Waals surface area contributed by atoms with Crippen LogP contribution in [-0.2, 0) is 6.42 Å². The maximum absolute atomic E-state index is 6.57. The van der Waals surface area contributed by atoms with Crippen molar-refractivity contribution < 1.29 is 4.42 Å². The first-order valence-corrected chi connectivity index (χ1v) is 22.1. The van der Waals surface area contributed by atoms with Gasteiger partial charge in [-0.1, -0.05) is 152 Å². The summed E-state index contributed by atoms with van der Waals surface area (Å²) >= 11 is 1.79. The standard InChI is InChI=1S/C58H35N3OS/c1-2-11-35(12-3-1)36-14-9-17-43(30-36)56-59-57(44-25-27-47-46-19-6-7-22-53(46)63-54(47)34-44)61-58(60-56)48-20-10-21-52-55(48)50-33-40(26-28-51(50)62-52)38-16-8-15-37(29-38)39-23-24-42-31-41-13-4-5-18-45(41)49(42)32-39/h1-30,32-34H,31H2. The van der Waals surface area contributed by atoms with Crippen LogP contribution in [0.1, 0.15) is 11.1 Å². The fourth-order valence-electron chi connectivity index (χ4n) is 9.46. The van der Waals surface area contributed by atoms with Crippen LogP contribution >= 0.6 is 11.3 Å². The second-order valence-electron chi connectivity index (χ2n) is 16.3. The number of aromatic nitrogens is 3. The number of benzene rings is 9. The van der Waals surface area contributed by atoms with Crippen molar-refractivity contribution in [3.8, 4) is 78.7 Å². The molecule has 4 nitrogen and oxygen atoms in total. The van der Waals surface area contributed by atoms with E-state index < -0.39 is 0 Å². The van der Waals surface area contributed by atoms with E-state index in [1.165, 1.54) is 53.6 Å². The number of rotatable bonds is 6. The molecule has 3 heterocycles. The Morgan fingerprint density at radius 1 is 0.333 bits per heavy atom. The molecule has 294 valence electrons. The van der Waals surface area contributed by atoms with E-state index in [0.29, 0.717) is 17.5 Å². The molecule has 5 heteroatoms. The fraction of sp³-hybridized carbons (Fsp3) is 0.0172. The van der Waals surface area contributed by atoms with Gasteiger partial charge in [0, 0.05) is 47.6 Å². The largest absolute Gasteiger partial charge is 0.456 e. The third kappa shape index (κ3) is 6.08. The second-order valence-corrected chi connectivity index (χ2v) is 17.4. The Morgan fingerprint density at radius 3 is 1.79 bits per heavy atom. The van der Waals surface area contributed by atoms with E-state index in [1.807, 2.05) is 18.2 Å².